The van der Waals surface area contributed by atoms with Crippen LogP contribution in [0, 0.1) is 0 Å². The summed E-state index contributed by atoms with van der Waals surface area (Å²) in [5, 5.41) is 0. The van der Waals surface area contributed by atoms with E-state index in [0.717, 1.165) is 17.3 Å². The lowest BCUT2D eigenvalue weighted by Gasteiger charge is -2.16. The number of nitrogens with two attached hydrogens (primary N) is 1. The van der Waals surface area contributed by atoms with E-state index in [-0.39, 0.29) is 17.5 Å². The first-order valence-electron chi connectivity index (χ1n) is 6.38. The first kappa shape index (κ1) is 16.6. The molecule has 1 aromatic rings. The van der Waals surface area contributed by atoms with Crippen LogP contribution < -0.4 is 11.3 Å². The second kappa shape index (κ2) is 7.99. The van der Waals surface area contributed by atoms with Crippen LogP contribution in [0.1, 0.15) is 25.3 Å². The van der Waals surface area contributed by atoms with Crippen molar-refractivity contribution in [1.29, 1.82) is 0 Å². The van der Waals surface area contributed by atoms with E-state index in [2.05, 4.69) is 21.4 Å². The lowest BCUT2D eigenvalue weighted by atomic mass is 10.0. The van der Waals surface area contributed by atoms with Crippen LogP contribution in [-0.2, 0) is 16.3 Å². The van der Waals surface area contributed by atoms with Gasteiger partial charge in [-0.25, -0.2) is 8.42 Å². The predicted octanol–water partition coefficient (Wildman–Crippen LogP) is 2.04. The molecule has 19 heavy (non-hydrogen) atoms. The second-order valence-electron chi connectivity index (χ2n) is 4.58. The lowest BCUT2D eigenvalue weighted by Crippen LogP contribution is -2.37. The maximum Gasteiger partial charge on any atom is 0.150 e. The molecular formula is C13H21BrN2O2S. The van der Waals surface area contributed by atoms with Crippen molar-refractivity contribution < 1.29 is 8.42 Å². The Bertz CT molecular complexity index is 491. The third-order valence-electron chi connectivity index (χ3n) is 3.05. The van der Waals surface area contributed by atoms with Crippen LogP contribution in [0.15, 0.2) is 28.7 Å². The molecule has 0 aliphatic carbocycles. The average molecular weight is 349 g/mol. The van der Waals surface area contributed by atoms with Crippen molar-refractivity contribution in [3.8, 4) is 0 Å². The van der Waals surface area contributed by atoms with E-state index in [1.54, 1.807) is 6.92 Å². The van der Waals surface area contributed by atoms with Crippen molar-refractivity contribution in [3.05, 3.63) is 34.3 Å². The van der Waals surface area contributed by atoms with Gasteiger partial charge < -0.3 is 0 Å². The van der Waals surface area contributed by atoms with Crippen LogP contribution in [0.5, 0.6) is 0 Å². The molecule has 3 N–H and O–H groups in total. The van der Waals surface area contributed by atoms with Gasteiger partial charge in [0.05, 0.1) is 5.75 Å². The molecule has 0 saturated carbocycles. The highest BCUT2D eigenvalue weighted by Crippen LogP contribution is 2.14. The Kier molecular flexibility index (Phi) is 6.99. The van der Waals surface area contributed by atoms with Crippen molar-refractivity contribution in [2.24, 2.45) is 5.84 Å². The predicted molar refractivity (Wildman–Crippen MR) is 82.5 cm³/mol. The fraction of sp³-hybridized carbons (Fsp3) is 0.538. The Morgan fingerprint density at radius 1 is 1.42 bits per heavy atom. The summed E-state index contributed by atoms with van der Waals surface area (Å²) in [6.45, 7) is 1.68. The number of sulfone groups is 1. The summed E-state index contributed by atoms with van der Waals surface area (Å²) in [5.41, 5.74) is 3.94. The quantitative estimate of drug-likeness (QED) is 0.557. The molecule has 0 fully saturated rings. The summed E-state index contributed by atoms with van der Waals surface area (Å²) < 4.78 is 23.9. The molecule has 6 heteroatoms. The van der Waals surface area contributed by atoms with E-state index in [1.807, 2.05) is 24.3 Å². The summed E-state index contributed by atoms with van der Waals surface area (Å²) in [4.78, 5) is 0. The molecule has 0 spiro atoms. The standard InChI is InChI=1S/C13H21BrN2O2S/c1-2-19(17,18)8-4-7-13(16-15)10-11-5-3-6-12(14)9-11/h3,5-6,9,13,16H,2,4,7-8,10,15H2,1H3. The highest BCUT2D eigenvalue weighted by atomic mass is 79.9. The first-order valence-corrected chi connectivity index (χ1v) is 8.99. The third-order valence-corrected chi connectivity index (χ3v) is 5.34. The topological polar surface area (TPSA) is 72.2 Å². The molecule has 1 aromatic carbocycles. The summed E-state index contributed by atoms with van der Waals surface area (Å²) in [6, 6.07) is 8.14. The van der Waals surface area contributed by atoms with E-state index in [4.69, 9.17) is 5.84 Å². The van der Waals surface area contributed by atoms with Crippen LogP contribution in [0.3, 0.4) is 0 Å². The molecule has 0 aromatic heterocycles. The molecule has 1 rings (SSSR count). The van der Waals surface area contributed by atoms with Gasteiger partial charge in [0.1, 0.15) is 9.84 Å². The van der Waals surface area contributed by atoms with Gasteiger partial charge in [-0.2, -0.15) is 0 Å². The summed E-state index contributed by atoms with van der Waals surface area (Å²) in [6.07, 6.45) is 2.18. The molecule has 0 heterocycles. The Morgan fingerprint density at radius 3 is 2.74 bits per heavy atom. The first-order chi connectivity index (χ1) is 8.96. The minimum Gasteiger partial charge on any atom is -0.271 e. The molecule has 0 aliphatic rings. The maximum absolute atomic E-state index is 11.4. The summed E-state index contributed by atoms with van der Waals surface area (Å²) in [7, 11) is -2.88. The van der Waals surface area contributed by atoms with Gasteiger partial charge in [0, 0.05) is 16.3 Å². The number of hydrogen-bond donors (Lipinski definition) is 2. The van der Waals surface area contributed by atoms with E-state index in [1.165, 1.54) is 5.56 Å². The number of benzene rings is 1. The number of hydrazine groups is 1. The highest BCUT2D eigenvalue weighted by Gasteiger charge is 2.11. The second-order valence-corrected chi connectivity index (χ2v) is 7.96. The molecular weight excluding hydrogens is 328 g/mol. The molecule has 1 atom stereocenters. The molecule has 0 bridgehead atoms. The van der Waals surface area contributed by atoms with Crippen molar-refractivity contribution in [2.45, 2.75) is 32.2 Å². The minimum absolute atomic E-state index is 0.0985. The number of nitrogens with one attached hydrogen (secondary N) is 1. The fourth-order valence-electron chi connectivity index (χ4n) is 1.89. The largest absolute Gasteiger partial charge is 0.271 e. The van der Waals surface area contributed by atoms with Crippen molar-refractivity contribution in [1.82, 2.24) is 5.43 Å². The maximum atomic E-state index is 11.4. The zero-order valence-electron chi connectivity index (χ0n) is 11.1. The smallest absolute Gasteiger partial charge is 0.150 e. The van der Waals surface area contributed by atoms with Crippen molar-refractivity contribution in [2.75, 3.05) is 11.5 Å². The fourth-order valence-corrected chi connectivity index (χ4v) is 3.23. The van der Waals surface area contributed by atoms with Gasteiger partial charge in [0.2, 0.25) is 0 Å². The normalized spacial score (nSPS) is 13.4. The average Bonchev–Trinajstić information content (AvgIpc) is 2.37. The molecule has 0 saturated heterocycles. The Balaban J connectivity index is 2.46. The van der Waals surface area contributed by atoms with E-state index in [9.17, 15) is 8.42 Å². The molecule has 0 aliphatic heterocycles. The van der Waals surface area contributed by atoms with Gasteiger partial charge in [0.15, 0.2) is 0 Å². The number of hydrogen-bond acceptors (Lipinski definition) is 4. The summed E-state index contributed by atoms with van der Waals surface area (Å²) in [5.74, 6) is 5.97. The van der Waals surface area contributed by atoms with Gasteiger partial charge >= 0.3 is 0 Å². The minimum atomic E-state index is -2.88. The Labute approximate surface area is 123 Å². The molecule has 1 unspecified atom stereocenters. The van der Waals surface area contributed by atoms with Crippen LogP contribution in [0.25, 0.3) is 0 Å². The van der Waals surface area contributed by atoms with Crippen molar-refractivity contribution >= 4 is 25.8 Å². The molecule has 4 nitrogen and oxygen atoms in total. The number of rotatable bonds is 8. The zero-order chi connectivity index (χ0) is 14.3. The zero-order valence-corrected chi connectivity index (χ0v) is 13.5. The SMILES string of the molecule is CCS(=O)(=O)CCCC(Cc1cccc(Br)c1)NN. The summed E-state index contributed by atoms with van der Waals surface area (Å²) >= 11 is 3.43. The monoisotopic (exact) mass is 348 g/mol. The molecule has 0 amide bonds. The lowest BCUT2D eigenvalue weighted by molar-refractivity contribution is 0.484. The highest BCUT2D eigenvalue weighted by molar-refractivity contribution is 9.10. The molecule has 0 radical (unpaired) electrons. The Hall–Kier alpha value is -0.430. The van der Waals surface area contributed by atoms with Gasteiger partial charge in [-0.05, 0) is 37.0 Å². The van der Waals surface area contributed by atoms with Crippen LogP contribution in [0.4, 0.5) is 0 Å². The van der Waals surface area contributed by atoms with Gasteiger partial charge in [0.25, 0.3) is 0 Å². The Morgan fingerprint density at radius 2 is 2.16 bits per heavy atom. The van der Waals surface area contributed by atoms with E-state index < -0.39 is 9.84 Å². The third kappa shape index (κ3) is 6.51. The van der Waals surface area contributed by atoms with Gasteiger partial charge in [-0.3, -0.25) is 11.3 Å². The van der Waals surface area contributed by atoms with Crippen molar-refractivity contribution in [3.63, 3.8) is 0 Å². The van der Waals surface area contributed by atoms with E-state index in [0.29, 0.717) is 6.42 Å². The van der Waals surface area contributed by atoms with Crippen LogP contribution in [0.2, 0.25) is 0 Å². The van der Waals surface area contributed by atoms with Gasteiger partial charge in [-0.15, -0.1) is 0 Å². The number of halogens is 1. The van der Waals surface area contributed by atoms with E-state index >= 15 is 0 Å². The van der Waals surface area contributed by atoms with Crippen LogP contribution in [-0.4, -0.2) is 26.0 Å². The molecule has 108 valence electrons. The van der Waals surface area contributed by atoms with Gasteiger partial charge in [-0.1, -0.05) is 35.0 Å². The van der Waals surface area contributed by atoms with Crippen LogP contribution >= 0.6 is 15.9 Å².